The molecule has 0 aliphatic carbocycles. The van der Waals surface area contributed by atoms with E-state index in [1.165, 1.54) is 7.11 Å². The van der Waals surface area contributed by atoms with Gasteiger partial charge >= 0.3 is 7.60 Å². The SMILES string of the molecule is COP(=O)(O)Cc1cc(C)c(O)c(C)c1. The Labute approximate surface area is 89.1 Å². The zero-order chi connectivity index (χ0) is 11.6. The lowest BCUT2D eigenvalue weighted by Crippen LogP contribution is -1.92. The molecule has 1 atom stereocenters. The Morgan fingerprint density at radius 2 is 1.80 bits per heavy atom. The second-order valence-electron chi connectivity index (χ2n) is 3.56. The monoisotopic (exact) mass is 230 g/mol. The highest BCUT2D eigenvalue weighted by molar-refractivity contribution is 7.51. The topological polar surface area (TPSA) is 66.8 Å². The number of phenolic OH excluding ortho intramolecular Hbond substituents is 1. The summed E-state index contributed by atoms with van der Waals surface area (Å²) in [6, 6.07) is 3.37. The lowest BCUT2D eigenvalue weighted by Gasteiger charge is -2.11. The maximum absolute atomic E-state index is 11.3. The average Bonchev–Trinajstić information content (AvgIpc) is 2.13. The van der Waals surface area contributed by atoms with Crippen LogP contribution in [-0.2, 0) is 15.3 Å². The molecule has 5 heteroatoms. The van der Waals surface area contributed by atoms with Crippen LogP contribution in [0.1, 0.15) is 16.7 Å². The van der Waals surface area contributed by atoms with E-state index in [1.54, 1.807) is 26.0 Å². The zero-order valence-corrected chi connectivity index (χ0v) is 9.91. The van der Waals surface area contributed by atoms with E-state index in [0.29, 0.717) is 16.7 Å². The number of aromatic hydroxyl groups is 1. The molecule has 0 aromatic heterocycles. The van der Waals surface area contributed by atoms with Crippen LogP contribution in [0.5, 0.6) is 5.75 Å². The Morgan fingerprint density at radius 3 is 2.20 bits per heavy atom. The molecule has 0 saturated carbocycles. The molecule has 1 rings (SSSR count). The molecule has 0 aliphatic heterocycles. The van der Waals surface area contributed by atoms with E-state index < -0.39 is 7.60 Å². The minimum atomic E-state index is -3.53. The summed E-state index contributed by atoms with van der Waals surface area (Å²) < 4.78 is 15.8. The van der Waals surface area contributed by atoms with Crippen molar-refractivity contribution in [3.8, 4) is 5.75 Å². The Balaban J connectivity index is 3.03. The average molecular weight is 230 g/mol. The van der Waals surface area contributed by atoms with Gasteiger partial charge in [0, 0.05) is 7.11 Å². The maximum atomic E-state index is 11.3. The summed E-state index contributed by atoms with van der Waals surface area (Å²) in [5.74, 6) is 0.226. The van der Waals surface area contributed by atoms with E-state index >= 15 is 0 Å². The first-order valence-electron chi connectivity index (χ1n) is 4.52. The smallest absolute Gasteiger partial charge is 0.332 e. The van der Waals surface area contributed by atoms with Gasteiger partial charge in [0.05, 0.1) is 6.16 Å². The molecule has 4 nitrogen and oxygen atoms in total. The third kappa shape index (κ3) is 3.06. The largest absolute Gasteiger partial charge is 0.507 e. The van der Waals surface area contributed by atoms with Crippen molar-refractivity contribution in [1.82, 2.24) is 0 Å². The van der Waals surface area contributed by atoms with Crippen LogP contribution in [0, 0.1) is 13.8 Å². The van der Waals surface area contributed by atoms with Gasteiger partial charge < -0.3 is 14.5 Å². The van der Waals surface area contributed by atoms with Crippen molar-refractivity contribution in [3.05, 3.63) is 28.8 Å². The Hall–Kier alpha value is -0.830. The summed E-state index contributed by atoms with van der Waals surface area (Å²) in [4.78, 5) is 9.30. The first-order valence-corrected chi connectivity index (χ1v) is 6.28. The standard InChI is InChI=1S/C10H15O4P/c1-7-4-9(5-8(2)10(7)11)6-15(12,13)14-3/h4-5,11H,6H2,1-3H3,(H,12,13). The van der Waals surface area contributed by atoms with Crippen LogP contribution < -0.4 is 0 Å². The summed E-state index contributed by atoms with van der Waals surface area (Å²) in [6.45, 7) is 3.50. The number of benzene rings is 1. The van der Waals surface area contributed by atoms with E-state index in [0.717, 1.165) is 0 Å². The first-order chi connectivity index (χ1) is 6.85. The first kappa shape index (κ1) is 12.2. The van der Waals surface area contributed by atoms with Crippen LogP contribution in [-0.4, -0.2) is 17.1 Å². The molecule has 15 heavy (non-hydrogen) atoms. The molecular weight excluding hydrogens is 215 g/mol. The second-order valence-corrected chi connectivity index (χ2v) is 5.51. The molecule has 0 fully saturated rings. The molecule has 1 aromatic carbocycles. The Bertz CT molecular complexity index is 391. The quantitative estimate of drug-likeness (QED) is 0.782. The van der Waals surface area contributed by atoms with Gasteiger partial charge in [-0.15, -0.1) is 0 Å². The van der Waals surface area contributed by atoms with E-state index in [2.05, 4.69) is 4.52 Å². The molecule has 0 spiro atoms. The molecule has 84 valence electrons. The normalized spacial score (nSPS) is 14.9. The summed E-state index contributed by atoms with van der Waals surface area (Å²) in [5, 5.41) is 9.52. The van der Waals surface area contributed by atoms with E-state index in [-0.39, 0.29) is 11.9 Å². The Kier molecular flexibility index (Phi) is 3.55. The van der Waals surface area contributed by atoms with Gasteiger partial charge in [0.25, 0.3) is 0 Å². The molecule has 0 aliphatic rings. The molecular formula is C10H15O4P. The van der Waals surface area contributed by atoms with Crippen LogP contribution in [0.3, 0.4) is 0 Å². The van der Waals surface area contributed by atoms with Crippen molar-refractivity contribution in [1.29, 1.82) is 0 Å². The summed E-state index contributed by atoms with van der Waals surface area (Å²) in [7, 11) is -2.32. The Morgan fingerprint density at radius 1 is 1.33 bits per heavy atom. The van der Waals surface area contributed by atoms with Crippen molar-refractivity contribution in [3.63, 3.8) is 0 Å². The van der Waals surface area contributed by atoms with Crippen molar-refractivity contribution < 1.29 is 19.1 Å². The number of hydrogen-bond donors (Lipinski definition) is 2. The molecule has 2 N–H and O–H groups in total. The summed E-state index contributed by atoms with van der Waals surface area (Å²) in [5.41, 5.74) is 2.08. The molecule has 0 heterocycles. The lowest BCUT2D eigenvalue weighted by atomic mass is 10.1. The van der Waals surface area contributed by atoms with Crippen molar-refractivity contribution >= 4 is 7.60 Å². The molecule has 1 unspecified atom stereocenters. The van der Waals surface area contributed by atoms with Gasteiger partial charge in [0.15, 0.2) is 0 Å². The lowest BCUT2D eigenvalue weighted by molar-refractivity contribution is 0.314. The maximum Gasteiger partial charge on any atom is 0.332 e. The van der Waals surface area contributed by atoms with Crippen molar-refractivity contribution in [2.24, 2.45) is 0 Å². The predicted octanol–water partition coefficient (Wildman–Crippen LogP) is 2.34. The molecule has 0 saturated heterocycles. The third-order valence-electron chi connectivity index (χ3n) is 2.22. The van der Waals surface area contributed by atoms with Crippen LogP contribution in [0.2, 0.25) is 0 Å². The molecule has 0 amide bonds. The van der Waals surface area contributed by atoms with Gasteiger partial charge in [-0.3, -0.25) is 4.57 Å². The third-order valence-corrected chi connectivity index (χ3v) is 3.55. The van der Waals surface area contributed by atoms with Gasteiger partial charge in [-0.25, -0.2) is 0 Å². The molecule has 1 aromatic rings. The van der Waals surface area contributed by atoms with Crippen LogP contribution in [0.25, 0.3) is 0 Å². The number of rotatable bonds is 3. The fourth-order valence-electron chi connectivity index (χ4n) is 1.43. The predicted molar refractivity (Wildman–Crippen MR) is 58.1 cm³/mol. The van der Waals surface area contributed by atoms with Gasteiger partial charge in [0.1, 0.15) is 5.75 Å². The minimum absolute atomic E-state index is 0.0363. The van der Waals surface area contributed by atoms with E-state index in [4.69, 9.17) is 0 Å². The van der Waals surface area contributed by atoms with Crippen LogP contribution in [0.4, 0.5) is 0 Å². The fourth-order valence-corrected chi connectivity index (χ4v) is 2.21. The van der Waals surface area contributed by atoms with E-state index in [9.17, 15) is 14.6 Å². The highest BCUT2D eigenvalue weighted by Gasteiger charge is 2.18. The van der Waals surface area contributed by atoms with Gasteiger partial charge in [0.2, 0.25) is 0 Å². The van der Waals surface area contributed by atoms with Gasteiger partial charge in [-0.2, -0.15) is 0 Å². The molecule has 0 bridgehead atoms. The summed E-state index contributed by atoms with van der Waals surface area (Å²) in [6.07, 6.45) is -0.0363. The fraction of sp³-hybridized carbons (Fsp3) is 0.400. The number of aryl methyl sites for hydroxylation is 2. The second kappa shape index (κ2) is 4.35. The number of phenols is 1. The van der Waals surface area contributed by atoms with Crippen molar-refractivity contribution in [2.75, 3.05) is 7.11 Å². The van der Waals surface area contributed by atoms with Crippen molar-refractivity contribution in [2.45, 2.75) is 20.0 Å². The van der Waals surface area contributed by atoms with Crippen LogP contribution in [0.15, 0.2) is 12.1 Å². The number of hydrogen-bond acceptors (Lipinski definition) is 3. The highest BCUT2D eigenvalue weighted by atomic mass is 31.2. The highest BCUT2D eigenvalue weighted by Crippen LogP contribution is 2.45. The summed E-state index contributed by atoms with van der Waals surface area (Å²) >= 11 is 0. The minimum Gasteiger partial charge on any atom is -0.507 e. The van der Waals surface area contributed by atoms with E-state index in [1.807, 2.05) is 0 Å². The van der Waals surface area contributed by atoms with Crippen LogP contribution >= 0.6 is 7.60 Å². The zero-order valence-electron chi connectivity index (χ0n) is 9.02. The van der Waals surface area contributed by atoms with Gasteiger partial charge in [-0.05, 0) is 30.5 Å². The molecule has 0 radical (unpaired) electrons. The van der Waals surface area contributed by atoms with Gasteiger partial charge in [-0.1, -0.05) is 12.1 Å².